The minimum atomic E-state index is -0.870. The first-order chi connectivity index (χ1) is 11.5. The monoisotopic (exact) mass is 327 g/mol. The molecule has 1 fully saturated rings. The Morgan fingerprint density at radius 2 is 2.04 bits per heavy atom. The summed E-state index contributed by atoms with van der Waals surface area (Å²) >= 11 is 0. The van der Waals surface area contributed by atoms with Crippen molar-refractivity contribution in [3.05, 3.63) is 53.3 Å². The number of hydrogen-bond acceptors (Lipinski definition) is 3. The third-order valence-electron chi connectivity index (χ3n) is 4.56. The predicted octanol–water partition coefficient (Wildman–Crippen LogP) is 2.29. The molecular weight excluding hydrogens is 306 g/mol. The number of carboxylic acid groups (broad SMARTS) is 1. The van der Waals surface area contributed by atoms with Crippen LogP contribution >= 0.6 is 0 Å². The van der Waals surface area contributed by atoms with Gasteiger partial charge in [0, 0.05) is 31.8 Å². The van der Waals surface area contributed by atoms with Gasteiger partial charge in [0.15, 0.2) is 0 Å². The van der Waals surface area contributed by atoms with Gasteiger partial charge in [0.2, 0.25) is 5.91 Å². The number of amides is 1. The zero-order chi connectivity index (χ0) is 17.3. The predicted molar refractivity (Wildman–Crippen MR) is 88.0 cm³/mol. The molecule has 0 spiro atoms. The Morgan fingerprint density at radius 3 is 2.62 bits per heavy atom. The molecule has 0 saturated carbocycles. The highest BCUT2D eigenvalue weighted by Crippen LogP contribution is 2.37. The van der Waals surface area contributed by atoms with E-state index in [2.05, 4.69) is 5.10 Å². The van der Waals surface area contributed by atoms with Crippen LogP contribution in [0, 0.1) is 12.8 Å². The van der Waals surface area contributed by atoms with Crippen LogP contribution in [0.1, 0.15) is 35.6 Å². The summed E-state index contributed by atoms with van der Waals surface area (Å²) in [6, 6.07) is 7.47. The molecule has 126 valence electrons. The molecule has 2 aromatic rings. The van der Waals surface area contributed by atoms with Crippen molar-refractivity contribution in [2.24, 2.45) is 13.0 Å². The van der Waals surface area contributed by atoms with Crippen LogP contribution in [-0.4, -0.2) is 31.7 Å². The van der Waals surface area contributed by atoms with Gasteiger partial charge in [0.25, 0.3) is 0 Å². The first-order valence-corrected chi connectivity index (χ1v) is 8.02. The van der Waals surface area contributed by atoms with Crippen LogP contribution in [0.15, 0.2) is 36.7 Å². The number of carbonyl (C=O) groups is 2. The molecule has 1 aromatic heterocycles. The maximum atomic E-state index is 12.5. The van der Waals surface area contributed by atoms with Crippen LogP contribution in [0.2, 0.25) is 0 Å². The molecule has 0 aliphatic carbocycles. The van der Waals surface area contributed by atoms with Crippen LogP contribution in [0.4, 0.5) is 0 Å². The summed E-state index contributed by atoms with van der Waals surface area (Å²) in [4.78, 5) is 25.9. The summed E-state index contributed by atoms with van der Waals surface area (Å²) in [5, 5.41) is 13.8. The van der Waals surface area contributed by atoms with Gasteiger partial charge >= 0.3 is 5.97 Å². The molecule has 1 aliphatic heterocycles. The molecule has 1 N–H and O–H groups in total. The topological polar surface area (TPSA) is 75.4 Å². The highest BCUT2D eigenvalue weighted by molar-refractivity contribution is 5.81. The Labute approximate surface area is 140 Å². The number of aromatic nitrogens is 2. The number of carboxylic acids is 1. The van der Waals surface area contributed by atoms with Gasteiger partial charge in [-0.05, 0) is 18.9 Å². The Balaban J connectivity index is 1.96. The lowest BCUT2D eigenvalue weighted by Crippen LogP contribution is -2.44. The number of benzene rings is 1. The second kappa shape index (κ2) is 6.47. The van der Waals surface area contributed by atoms with E-state index in [9.17, 15) is 14.7 Å². The molecule has 6 nitrogen and oxygen atoms in total. The van der Waals surface area contributed by atoms with E-state index in [1.54, 1.807) is 29.0 Å². The van der Waals surface area contributed by atoms with E-state index in [0.29, 0.717) is 13.0 Å². The number of likely N-dealkylation sites (tertiary alicyclic amines) is 1. The lowest BCUT2D eigenvalue weighted by atomic mass is 9.85. The molecule has 24 heavy (non-hydrogen) atoms. The number of hydrogen-bond donors (Lipinski definition) is 1. The number of piperidine rings is 1. The highest BCUT2D eigenvalue weighted by Gasteiger charge is 2.41. The second-order valence-electron chi connectivity index (χ2n) is 6.38. The minimum absolute atomic E-state index is 0.0121. The first-order valence-electron chi connectivity index (χ1n) is 8.02. The third-order valence-corrected chi connectivity index (χ3v) is 4.56. The van der Waals surface area contributed by atoms with Crippen LogP contribution < -0.4 is 0 Å². The van der Waals surface area contributed by atoms with Crippen molar-refractivity contribution in [3.63, 3.8) is 0 Å². The molecule has 2 heterocycles. The van der Waals surface area contributed by atoms with Gasteiger partial charge in [-0.25, -0.2) is 0 Å². The molecule has 1 saturated heterocycles. The summed E-state index contributed by atoms with van der Waals surface area (Å²) in [5.41, 5.74) is 2.91. The smallest absolute Gasteiger partial charge is 0.308 e. The molecule has 1 aliphatic rings. The van der Waals surface area contributed by atoms with E-state index in [1.165, 1.54) is 0 Å². The van der Waals surface area contributed by atoms with Crippen molar-refractivity contribution in [1.82, 2.24) is 14.7 Å². The summed E-state index contributed by atoms with van der Waals surface area (Å²) in [6.45, 7) is 2.41. The average Bonchev–Trinajstić information content (AvgIpc) is 2.97. The first kappa shape index (κ1) is 16.2. The zero-order valence-electron chi connectivity index (χ0n) is 13.8. The van der Waals surface area contributed by atoms with E-state index in [-0.39, 0.29) is 12.3 Å². The highest BCUT2D eigenvalue weighted by atomic mass is 16.4. The third kappa shape index (κ3) is 3.18. The molecule has 0 unspecified atom stereocenters. The largest absolute Gasteiger partial charge is 0.481 e. The summed E-state index contributed by atoms with van der Waals surface area (Å²) in [7, 11) is 1.79. The maximum Gasteiger partial charge on any atom is 0.308 e. The van der Waals surface area contributed by atoms with Crippen molar-refractivity contribution in [2.45, 2.75) is 32.4 Å². The Bertz CT molecular complexity index is 751. The fourth-order valence-corrected chi connectivity index (χ4v) is 3.29. The fraction of sp³-hybridized carbons (Fsp3) is 0.389. The quantitative estimate of drug-likeness (QED) is 0.935. The fourth-order valence-electron chi connectivity index (χ4n) is 3.29. The molecule has 1 aromatic carbocycles. The van der Waals surface area contributed by atoms with Crippen LogP contribution in [-0.2, 0) is 23.2 Å². The lowest BCUT2D eigenvalue weighted by Gasteiger charge is -2.39. The Kier molecular flexibility index (Phi) is 4.38. The summed E-state index contributed by atoms with van der Waals surface area (Å²) < 4.78 is 1.64. The van der Waals surface area contributed by atoms with E-state index in [4.69, 9.17) is 0 Å². The van der Waals surface area contributed by atoms with Crippen molar-refractivity contribution in [3.8, 4) is 0 Å². The van der Waals surface area contributed by atoms with E-state index >= 15 is 0 Å². The SMILES string of the molecule is Cc1ccc(CN2C(=O)CC[C@@H](C(=O)O)[C@@H]2c2cnn(C)c2)cc1. The van der Waals surface area contributed by atoms with Crippen LogP contribution in [0.3, 0.4) is 0 Å². The van der Waals surface area contributed by atoms with Crippen molar-refractivity contribution in [2.75, 3.05) is 0 Å². The molecule has 0 radical (unpaired) electrons. The maximum absolute atomic E-state index is 12.5. The number of aryl methyl sites for hydroxylation is 2. The van der Waals surface area contributed by atoms with E-state index < -0.39 is 17.9 Å². The molecule has 0 bridgehead atoms. The summed E-state index contributed by atoms with van der Waals surface area (Å²) in [6.07, 6.45) is 4.07. The van der Waals surface area contributed by atoms with Crippen molar-refractivity contribution < 1.29 is 14.7 Å². The van der Waals surface area contributed by atoms with Gasteiger partial charge < -0.3 is 10.0 Å². The van der Waals surface area contributed by atoms with E-state index in [0.717, 1.165) is 16.7 Å². The van der Waals surface area contributed by atoms with Gasteiger partial charge in [0.05, 0.1) is 18.2 Å². The number of carbonyl (C=O) groups excluding carboxylic acids is 1. The van der Waals surface area contributed by atoms with Gasteiger partial charge in [-0.15, -0.1) is 0 Å². The standard InChI is InChI=1S/C18H21N3O3/c1-12-3-5-13(6-4-12)10-21-16(22)8-7-15(18(23)24)17(21)14-9-19-20(2)11-14/h3-6,9,11,15,17H,7-8,10H2,1-2H3,(H,23,24)/t15-,17+/m1/s1. The van der Waals surface area contributed by atoms with Gasteiger partial charge in [-0.2, -0.15) is 5.10 Å². The molecule has 1 amide bonds. The van der Waals surface area contributed by atoms with Gasteiger partial charge in [-0.3, -0.25) is 14.3 Å². The lowest BCUT2D eigenvalue weighted by molar-refractivity contribution is -0.152. The summed E-state index contributed by atoms with van der Waals surface area (Å²) in [5.74, 6) is -1.50. The Morgan fingerprint density at radius 1 is 1.33 bits per heavy atom. The zero-order valence-corrected chi connectivity index (χ0v) is 13.8. The minimum Gasteiger partial charge on any atom is -0.481 e. The van der Waals surface area contributed by atoms with Crippen LogP contribution in [0.5, 0.6) is 0 Å². The van der Waals surface area contributed by atoms with Gasteiger partial charge in [-0.1, -0.05) is 29.8 Å². The molecule has 2 atom stereocenters. The molecular formula is C18H21N3O3. The average molecular weight is 327 g/mol. The van der Waals surface area contributed by atoms with Crippen molar-refractivity contribution in [1.29, 1.82) is 0 Å². The number of aliphatic carboxylic acids is 1. The normalized spacial score (nSPS) is 21.1. The second-order valence-corrected chi connectivity index (χ2v) is 6.38. The van der Waals surface area contributed by atoms with Gasteiger partial charge in [0.1, 0.15) is 0 Å². The Hall–Kier alpha value is -2.63. The number of nitrogens with zero attached hydrogens (tertiary/aromatic N) is 3. The van der Waals surface area contributed by atoms with E-state index in [1.807, 2.05) is 31.2 Å². The van der Waals surface area contributed by atoms with Crippen molar-refractivity contribution >= 4 is 11.9 Å². The molecule has 3 rings (SSSR count). The number of rotatable bonds is 4. The van der Waals surface area contributed by atoms with Crippen LogP contribution in [0.25, 0.3) is 0 Å². The molecule has 6 heteroatoms.